The van der Waals surface area contributed by atoms with Gasteiger partial charge in [-0.15, -0.1) is 0 Å². The first kappa shape index (κ1) is 8.53. The van der Waals surface area contributed by atoms with Crippen LogP contribution in [0.1, 0.15) is 25.7 Å². The molecular weight excluding hydrogens is 168 g/mol. The van der Waals surface area contributed by atoms with Crippen LogP contribution in [0.3, 0.4) is 0 Å². The zero-order chi connectivity index (χ0) is 9.42. The molecule has 0 aromatic heterocycles. The van der Waals surface area contributed by atoms with Gasteiger partial charge >= 0.3 is 0 Å². The summed E-state index contributed by atoms with van der Waals surface area (Å²) in [5.41, 5.74) is 2.57. The number of hydrogen-bond donors (Lipinski definition) is 1. The fourth-order valence-electron chi connectivity index (χ4n) is 2.29. The highest BCUT2D eigenvalue weighted by molar-refractivity contribution is 5.92. The van der Waals surface area contributed by atoms with E-state index in [1.165, 1.54) is 5.01 Å². The molecule has 0 radical (unpaired) electrons. The second-order valence-electron chi connectivity index (χ2n) is 3.87. The Hall–Kier alpha value is -1.06. The number of hydrazine groups is 1. The molecule has 2 atom stereocenters. The van der Waals surface area contributed by atoms with Crippen molar-refractivity contribution in [1.82, 2.24) is 10.4 Å². The van der Waals surface area contributed by atoms with Gasteiger partial charge in [0.25, 0.3) is 0 Å². The standard InChI is InChI=1S/C9H14N2O2/c1-11-9(13)7-5-3-2-4-6(7)8(12)10-11/h6-7H,2-5H2,1H3,(H,10,12)/t6-,7-/m0/s1. The third kappa shape index (κ3) is 1.30. The first-order chi connectivity index (χ1) is 6.20. The Balaban J connectivity index is 2.19. The second-order valence-corrected chi connectivity index (χ2v) is 3.87. The van der Waals surface area contributed by atoms with Gasteiger partial charge in [0.05, 0.1) is 11.8 Å². The maximum Gasteiger partial charge on any atom is 0.244 e. The van der Waals surface area contributed by atoms with Crippen LogP contribution >= 0.6 is 0 Å². The molecule has 0 aromatic carbocycles. The van der Waals surface area contributed by atoms with E-state index in [2.05, 4.69) is 5.43 Å². The van der Waals surface area contributed by atoms with Crippen LogP contribution in [0.15, 0.2) is 0 Å². The Morgan fingerprint density at radius 2 is 1.85 bits per heavy atom. The summed E-state index contributed by atoms with van der Waals surface area (Å²) < 4.78 is 0. The summed E-state index contributed by atoms with van der Waals surface area (Å²) in [5, 5.41) is 1.33. The molecule has 13 heavy (non-hydrogen) atoms. The number of amides is 2. The fourth-order valence-corrected chi connectivity index (χ4v) is 2.29. The number of rotatable bonds is 0. The van der Waals surface area contributed by atoms with E-state index in [0.29, 0.717) is 0 Å². The minimum atomic E-state index is -0.0579. The minimum Gasteiger partial charge on any atom is -0.273 e. The fraction of sp³-hybridized carbons (Fsp3) is 0.778. The normalized spacial score (nSPS) is 34.1. The minimum absolute atomic E-state index is 0.0202. The summed E-state index contributed by atoms with van der Waals surface area (Å²) in [7, 11) is 1.62. The third-order valence-electron chi connectivity index (χ3n) is 3.03. The van der Waals surface area contributed by atoms with E-state index in [0.717, 1.165) is 25.7 Å². The molecule has 4 nitrogen and oxygen atoms in total. The highest BCUT2D eigenvalue weighted by Crippen LogP contribution is 2.33. The largest absolute Gasteiger partial charge is 0.273 e. The Morgan fingerprint density at radius 3 is 2.54 bits per heavy atom. The number of nitrogens with one attached hydrogen (secondary N) is 1. The number of carbonyl (C=O) groups excluding carboxylic acids is 2. The van der Waals surface area contributed by atoms with Crippen molar-refractivity contribution >= 4 is 11.8 Å². The molecule has 2 amide bonds. The second kappa shape index (κ2) is 3.01. The van der Waals surface area contributed by atoms with Gasteiger partial charge < -0.3 is 0 Å². The van der Waals surface area contributed by atoms with Crippen molar-refractivity contribution in [3.8, 4) is 0 Å². The van der Waals surface area contributed by atoms with Crippen LogP contribution in [0.5, 0.6) is 0 Å². The van der Waals surface area contributed by atoms with Crippen LogP contribution in [-0.4, -0.2) is 23.9 Å². The molecule has 1 aliphatic carbocycles. The van der Waals surface area contributed by atoms with Crippen molar-refractivity contribution in [2.75, 3.05) is 7.05 Å². The highest BCUT2D eigenvalue weighted by Gasteiger charge is 2.41. The van der Waals surface area contributed by atoms with E-state index in [1.54, 1.807) is 7.05 Å². The zero-order valence-electron chi connectivity index (χ0n) is 7.75. The van der Waals surface area contributed by atoms with Gasteiger partial charge in [-0.25, -0.2) is 0 Å². The van der Waals surface area contributed by atoms with Gasteiger partial charge in [-0.3, -0.25) is 20.0 Å². The van der Waals surface area contributed by atoms with Crippen molar-refractivity contribution in [2.45, 2.75) is 25.7 Å². The van der Waals surface area contributed by atoms with E-state index >= 15 is 0 Å². The summed E-state index contributed by atoms with van der Waals surface area (Å²) in [5.74, 6) is -0.0129. The van der Waals surface area contributed by atoms with Crippen molar-refractivity contribution in [2.24, 2.45) is 11.8 Å². The molecule has 2 fully saturated rings. The topological polar surface area (TPSA) is 49.4 Å². The molecule has 4 heteroatoms. The summed E-state index contributed by atoms with van der Waals surface area (Å²) in [6.07, 6.45) is 3.90. The van der Waals surface area contributed by atoms with Crippen LogP contribution < -0.4 is 5.43 Å². The van der Waals surface area contributed by atoms with E-state index < -0.39 is 0 Å². The molecular formula is C9H14N2O2. The number of nitrogens with zero attached hydrogens (tertiary/aromatic N) is 1. The van der Waals surface area contributed by atoms with Crippen LogP contribution in [0.25, 0.3) is 0 Å². The summed E-state index contributed by atoms with van der Waals surface area (Å²) in [6, 6.07) is 0. The molecule has 0 bridgehead atoms. The maximum atomic E-state index is 11.6. The predicted octanol–water partition coefficient (Wildman–Crippen LogP) is 0.296. The molecule has 1 saturated carbocycles. The summed E-state index contributed by atoms with van der Waals surface area (Å²) in [6.45, 7) is 0. The van der Waals surface area contributed by atoms with Crippen molar-refractivity contribution in [3.63, 3.8) is 0 Å². The van der Waals surface area contributed by atoms with E-state index in [4.69, 9.17) is 0 Å². The molecule has 2 rings (SSSR count). The molecule has 1 heterocycles. The van der Waals surface area contributed by atoms with Gasteiger partial charge in [0.15, 0.2) is 0 Å². The van der Waals surface area contributed by atoms with Gasteiger partial charge in [-0.2, -0.15) is 0 Å². The van der Waals surface area contributed by atoms with Crippen molar-refractivity contribution < 1.29 is 9.59 Å². The van der Waals surface area contributed by atoms with Gasteiger partial charge in [0.1, 0.15) is 0 Å². The first-order valence-electron chi connectivity index (χ1n) is 4.78. The van der Waals surface area contributed by atoms with Gasteiger partial charge in [0.2, 0.25) is 11.8 Å². The lowest BCUT2D eigenvalue weighted by atomic mass is 9.77. The Morgan fingerprint density at radius 1 is 1.23 bits per heavy atom. The molecule has 0 spiro atoms. The Bertz CT molecular complexity index is 252. The molecule has 72 valence electrons. The first-order valence-corrected chi connectivity index (χ1v) is 4.78. The summed E-state index contributed by atoms with van der Waals surface area (Å²) in [4.78, 5) is 23.1. The van der Waals surface area contributed by atoms with Crippen LogP contribution in [0.2, 0.25) is 0 Å². The average molecular weight is 182 g/mol. The molecule has 1 N–H and O–H groups in total. The third-order valence-corrected chi connectivity index (χ3v) is 3.03. The lowest BCUT2D eigenvalue weighted by Gasteiger charge is -2.37. The molecule has 2 aliphatic rings. The molecule has 1 aliphatic heterocycles. The molecule has 0 unspecified atom stereocenters. The zero-order valence-corrected chi connectivity index (χ0v) is 7.75. The van der Waals surface area contributed by atoms with Crippen LogP contribution in [-0.2, 0) is 9.59 Å². The highest BCUT2D eigenvalue weighted by atomic mass is 16.2. The predicted molar refractivity (Wildman–Crippen MR) is 46.4 cm³/mol. The smallest absolute Gasteiger partial charge is 0.244 e. The lowest BCUT2D eigenvalue weighted by molar-refractivity contribution is -0.157. The maximum absolute atomic E-state index is 11.6. The molecule has 0 aromatic rings. The van der Waals surface area contributed by atoms with Crippen molar-refractivity contribution in [1.29, 1.82) is 0 Å². The number of carbonyl (C=O) groups is 2. The van der Waals surface area contributed by atoms with E-state index in [-0.39, 0.29) is 23.7 Å². The SMILES string of the molecule is CN1NC(=O)[C@H]2CCCC[C@@H]2C1=O. The van der Waals surface area contributed by atoms with Crippen molar-refractivity contribution in [3.05, 3.63) is 0 Å². The lowest BCUT2D eigenvalue weighted by Crippen LogP contribution is -2.57. The van der Waals surface area contributed by atoms with Gasteiger partial charge in [0, 0.05) is 7.05 Å². The van der Waals surface area contributed by atoms with E-state index in [9.17, 15) is 9.59 Å². The average Bonchev–Trinajstić information content (AvgIpc) is 2.15. The van der Waals surface area contributed by atoms with Gasteiger partial charge in [-0.05, 0) is 12.8 Å². The summed E-state index contributed by atoms with van der Waals surface area (Å²) >= 11 is 0. The quantitative estimate of drug-likeness (QED) is 0.585. The van der Waals surface area contributed by atoms with Crippen LogP contribution in [0, 0.1) is 11.8 Å². The molecule has 1 saturated heterocycles. The number of hydrogen-bond acceptors (Lipinski definition) is 2. The van der Waals surface area contributed by atoms with Gasteiger partial charge in [-0.1, -0.05) is 12.8 Å². The number of fused-ring (bicyclic) bond motifs is 1. The van der Waals surface area contributed by atoms with Crippen LogP contribution in [0.4, 0.5) is 0 Å². The Labute approximate surface area is 77.3 Å². The van der Waals surface area contributed by atoms with E-state index in [1.807, 2.05) is 0 Å². The Kier molecular flexibility index (Phi) is 1.98. The monoisotopic (exact) mass is 182 g/mol.